The molecule has 2 N–H and O–H groups in total. The Morgan fingerprint density at radius 3 is 2.56 bits per heavy atom. The van der Waals surface area contributed by atoms with Crippen LogP contribution in [0.4, 0.5) is 18.9 Å². The zero-order valence-electron chi connectivity index (χ0n) is 17.0. The number of hydrazone groups is 1. The maximum Gasteiger partial charge on any atom is 0.416 e. The van der Waals surface area contributed by atoms with E-state index >= 15 is 0 Å². The van der Waals surface area contributed by atoms with Crippen LogP contribution in [0.1, 0.15) is 24.0 Å². The van der Waals surface area contributed by atoms with Gasteiger partial charge < -0.3 is 14.8 Å². The molecule has 0 aromatic heterocycles. The molecule has 0 heterocycles. The Labute approximate surface area is 182 Å². The standard InChI is InChI=1S/C22H20F3N3O4/c1-3-12-32-21-15(6-4-9-18(21)31-2)14-26-28-20(30)11-10-19(29)27-17-8-5-7-16(13-17)22(23,24)25/h1,4-9,13-14H,10-12H2,2H3,(H,27,29)(H,28,30). The van der Waals surface area contributed by atoms with Gasteiger partial charge in [0, 0.05) is 24.1 Å². The average molecular weight is 447 g/mol. The number of amides is 2. The van der Waals surface area contributed by atoms with E-state index in [9.17, 15) is 22.8 Å². The van der Waals surface area contributed by atoms with Crippen LogP contribution in [-0.4, -0.2) is 31.7 Å². The number of rotatable bonds is 9. The Balaban J connectivity index is 1.88. The summed E-state index contributed by atoms with van der Waals surface area (Å²) in [6, 6.07) is 9.26. The van der Waals surface area contributed by atoms with Crippen molar-refractivity contribution in [1.29, 1.82) is 0 Å². The first-order valence-corrected chi connectivity index (χ1v) is 9.27. The van der Waals surface area contributed by atoms with Crippen LogP contribution in [0.5, 0.6) is 11.5 Å². The molecule has 168 valence electrons. The van der Waals surface area contributed by atoms with Gasteiger partial charge in [-0.25, -0.2) is 5.43 Å². The van der Waals surface area contributed by atoms with Gasteiger partial charge in [-0.15, -0.1) is 6.42 Å². The topological polar surface area (TPSA) is 89.0 Å². The van der Waals surface area contributed by atoms with Crippen molar-refractivity contribution >= 4 is 23.7 Å². The Bertz CT molecular complexity index is 1030. The number of carbonyl (C=O) groups is 2. The molecule has 0 saturated carbocycles. The van der Waals surface area contributed by atoms with Crippen molar-refractivity contribution in [2.75, 3.05) is 19.0 Å². The number of nitrogens with zero attached hydrogens (tertiary/aromatic N) is 1. The second-order valence-electron chi connectivity index (χ2n) is 6.29. The minimum absolute atomic E-state index is 0.00849. The number of ether oxygens (including phenoxy) is 2. The Kier molecular flexibility index (Phi) is 8.65. The molecule has 0 aliphatic carbocycles. The van der Waals surface area contributed by atoms with E-state index in [2.05, 4.69) is 21.8 Å². The van der Waals surface area contributed by atoms with Gasteiger partial charge in [0.25, 0.3) is 0 Å². The number of methoxy groups -OCH3 is 1. The fourth-order valence-corrected chi connectivity index (χ4v) is 2.52. The molecule has 32 heavy (non-hydrogen) atoms. The molecule has 0 fully saturated rings. The molecular formula is C22H20F3N3O4. The van der Waals surface area contributed by atoms with Crippen molar-refractivity contribution < 1.29 is 32.2 Å². The molecule has 2 aromatic carbocycles. The van der Waals surface area contributed by atoms with Crippen LogP contribution >= 0.6 is 0 Å². The summed E-state index contributed by atoms with van der Waals surface area (Å²) in [6.45, 7) is 0.00849. The highest BCUT2D eigenvalue weighted by molar-refractivity contribution is 5.93. The summed E-state index contributed by atoms with van der Waals surface area (Å²) in [6.07, 6.45) is 1.54. The van der Waals surface area contributed by atoms with Crippen LogP contribution < -0.4 is 20.2 Å². The number of terminal acetylenes is 1. The Morgan fingerprint density at radius 2 is 1.88 bits per heavy atom. The highest BCUT2D eigenvalue weighted by Gasteiger charge is 2.30. The molecule has 0 aliphatic rings. The molecule has 0 radical (unpaired) electrons. The zero-order chi connectivity index (χ0) is 23.6. The lowest BCUT2D eigenvalue weighted by atomic mass is 10.2. The smallest absolute Gasteiger partial charge is 0.416 e. The second kappa shape index (κ2) is 11.4. The number of carbonyl (C=O) groups excluding carboxylic acids is 2. The lowest BCUT2D eigenvalue weighted by molar-refractivity contribution is -0.137. The van der Waals surface area contributed by atoms with Gasteiger partial charge in [-0.3, -0.25) is 9.59 Å². The fourth-order valence-electron chi connectivity index (χ4n) is 2.52. The number of halogens is 3. The molecule has 0 saturated heterocycles. The Hall–Kier alpha value is -4.00. The number of anilines is 1. The van der Waals surface area contributed by atoms with E-state index in [1.165, 1.54) is 25.5 Å². The number of hydrogen-bond donors (Lipinski definition) is 2. The van der Waals surface area contributed by atoms with Crippen LogP contribution in [0.15, 0.2) is 47.6 Å². The molecular weight excluding hydrogens is 427 g/mol. The van der Waals surface area contributed by atoms with Crippen LogP contribution in [0, 0.1) is 12.3 Å². The van der Waals surface area contributed by atoms with Crippen molar-refractivity contribution in [2.24, 2.45) is 5.10 Å². The maximum absolute atomic E-state index is 12.7. The molecule has 7 nitrogen and oxygen atoms in total. The molecule has 0 spiro atoms. The molecule has 0 unspecified atom stereocenters. The van der Waals surface area contributed by atoms with E-state index in [-0.39, 0.29) is 25.1 Å². The van der Waals surface area contributed by atoms with E-state index in [4.69, 9.17) is 15.9 Å². The first-order valence-electron chi connectivity index (χ1n) is 9.27. The third-order valence-corrected chi connectivity index (χ3v) is 3.97. The maximum atomic E-state index is 12.7. The predicted octanol–water partition coefficient (Wildman–Crippen LogP) is 3.60. The molecule has 0 bridgehead atoms. The van der Waals surface area contributed by atoms with Crippen molar-refractivity contribution in [1.82, 2.24) is 5.43 Å². The van der Waals surface area contributed by atoms with E-state index in [0.717, 1.165) is 12.1 Å². The predicted molar refractivity (Wildman–Crippen MR) is 112 cm³/mol. The number of benzene rings is 2. The summed E-state index contributed by atoms with van der Waals surface area (Å²) in [4.78, 5) is 23.9. The molecule has 2 aromatic rings. The summed E-state index contributed by atoms with van der Waals surface area (Å²) >= 11 is 0. The number of nitrogens with one attached hydrogen (secondary N) is 2. The fraction of sp³-hybridized carbons (Fsp3) is 0.227. The zero-order valence-corrected chi connectivity index (χ0v) is 17.0. The normalized spacial score (nSPS) is 11.0. The van der Waals surface area contributed by atoms with Gasteiger partial charge in [0.2, 0.25) is 11.8 Å². The number of alkyl halides is 3. The Morgan fingerprint density at radius 1 is 1.16 bits per heavy atom. The minimum atomic E-state index is -4.52. The van der Waals surface area contributed by atoms with Gasteiger partial charge in [0.1, 0.15) is 6.61 Å². The number of hydrogen-bond acceptors (Lipinski definition) is 5. The summed E-state index contributed by atoms with van der Waals surface area (Å²) in [5.41, 5.74) is 1.87. The van der Waals surface area contributed by atoms with Crippen LogP contribution in [0.2, 0.25) is 0 Å². The van der Waals surface area contributed by atoms with E-state index in [1.54, 1.807) is 18.2 Å². The molecule has 10 heteroatoms. The number of para-hydroxylation sites is 1. The monoisotopic (exact) mass is 447 g/mol. The minimum Gasteiger partial charge on any atom is -0.493 e. The van der Waals surface area contributed by atoms with Gasteiger partial charge >= 0.3 is 6.18 Å². The van der Waals surface area contributed by atoms with E-state index in [0.29, 0.717) is 17.1 Å². The van der Waals surface area contributed by atoms with Crippen molar-refractivity contribution in [2.45, 2.75) is 19.0 Å². The molecule has 0 atom stereocenters. The third-order valence-electron chi connectivity index (χ3n) is 3.97. The quantitative estimate of drug-likeness (QED) is 0.349. The van der Waals surface area contributed by atoms with Crippen LogP contribution in [0.25, 0.3) is 0 Å². The highest BCUT2D eigenvalue weighted by atomic mass is 19.4. The lowest BCUT2D eigenvalue weighted by Gasteiger charge is -2.11. The van der Waals surface area contributed by atoms with Gasteiger partial charge in [0.15, 0.2) is 11.5 Å². The third kappa shape index (κ3) is 7.36. The van der Waals surface area contributed by atoms with Crippen molar-refractivity contribution in [3.63, 3.8) is 0 Å². The molecule has 0 aliphatic heterocycles. The summed E-state index contributed by atoms with van der Waals surface area (Å²) in [7, 11) is 1.46. The second-order valence-corrected chi connectivity index (χ2v) is 6.29. The lowest BCUT2D eigenvalue weighted by Crippen LogP contribution is -2.20. The van der Waals surface area contributed by atoms with Gasteiger partial charge in [-0.05, 0) is 30.3 Å². The summed E-state index contributed by atoms with van der Waals surface area (Å²) < 4.78 is 48.8. The van der Waals surface area contributed by atoms with E-state index in [1.807, 2.05) is 0 Å². The van der Waals surface area contributed by atoms with E-state index < -0.39 is 23.6 Å². The van der Waals surface area contributed by atoms with Gasteiger partial charge in [-0.1, -0.05) is 18.1 Å². The average Bonchev–Trinajstić information content (AvgIpc) is 2.76. The highest BCUT2D eigenvalue weighted by Crippen LogP contribution is 2.31. The van der Waals surface area contributed by atoms with Crippen LogP contribution in [0.3, 0.4) is 0 Å². The SMILES string of the molecule is C#CCOc1c(C=NNC(=O)CCC(=O)Nc2cccc(C(F)(F)F)c2)cccc1OC. The molecule has 2 amide bonds. The van der Waals surface area contributed by atoms with Gasteiger partial charge in [-0.2, -0.15) is 18.3 Å². The summed E-state index contributed by atoms with van der Waals surface area (Å²) in [5, 5.41) is 6.15. The summed E-state index contributed by atoms with van der Waals surface area (Å²) in [5.74, 6) is 1.95. The van der Waals surface area contributed by atoms with Crippen LogP contribution in [-0.2, 0) is 15.8 Å². The molecule has 2 rings (SSSR count). The largest absolute Gasteiger partial charge is 0.493 e. The first kappa shape index (κ1) is 24.3. The van der Waals surface area contributed by atoms with Crippen molar-refractivity contribution in [3.8, 4) is 23.8 Å². The van der Waals surface area contributed by atoms with Crippen molar-refractivity contribution in [3.05, 3.63) is 53.6 Å². The first-order chi connectivity index (χ1) is 15.2. The van der Waals surface area contributed by atoms with Gasteiger partial charge in [0.05, 0.1) is 18.9 Å².